The molecule has 36 heavy (non-hydrogen) atoms. The molecule has 0 aromatic heterocycles. The minimum atomic E-state index is -0.996. The summed E-state index contributed by atoms with van der Waals surface area (Å²) in [4.78, 5) is 27.5. The number of nitrogens with two attached hydrogens (primary N) is 2. The van der Waals surface area contributed by atoms with Crippen molar-refractivity contribution in [3.63, 3.8) is 0 Å². The van der Waals surface area contributed by atoms with Gasteiger partial charge in [-0.05, 0) is 46.5 Å². The third-order valence-corrected chi connectivity index (χ3v) is 6.91. The molecule has 0 saturated heterocycles. The second-order valence-corrected chi connectivity index (χ2v) is 9.40. The lowest BCUT2D eigenvalue weighted by atomic mass is 9.96. The van der Waals surface area contributed by atoms with E-state index in [1.54, 1.807) is 36.2 Å². The number of nitrogens with one attached hydrogen (secondary N) is 1. The second-order valence-electron chi connectivity index (χ2n) is 8.99. The van der Waals surface area contributed by atoms with Gasteiger partial charge in [0.1, 0.15) is 11.8 Å². The van der Waals surface area contributed by atoms with Gasteiger partial charge in [0.25, 0.3) is 0 Å². The van der Waals surface area contributed by atoms with Gasteiger partial charge in [-0.2, -0.15) is 0 Å². The average molecular weight is 517 g/mol. The largest absolute Gasteiger partial charge is 0.508 e. The van der Waals surface area contributed by atoms with Gasteiger partial charge in [0.15, 0.2) is 0 Å². The van der Waals surface area contributed by atoms with Crippen LogP contribution in [0.5, 0.6) is 5.75 Å². The van der Waals surface area contributed by atoms with Crippen LogP contribution < -0.4 is 16.8 Å². The quantitative estimate of drug-likeness (QED) is 0.382. The number of methoxy groups -OCH3 is 1. The van der Waals surface area contributed by atoms with E-state index in [0.717, 1.165) is 11.1 Å². The number of phenolic OH excluding ortho intramolecular Hbond substituents is 1. The molecule has 194 valence electrons. The predicted molar refractivity (Wildman–Crippen MR) is 138 cm³/mol. The van der Waals surface area contributed by atoms with Crippen LogP contribution in [-0.2, 0) is 27.2 Å². The van der Waals surface area contributed by atoms with E-state index in [0.29, 0.717) is 21.8 Å². The molecule has 0 aliphatic carbocycles. The number of carbonyl (C=O) groups excluding carboxylic acids is 2. The first-order valence-electron chi connectivity index (χ1n) is 11.6. The molecule has 10 heteroatoms. The lowest BCUT2D eigenvalue weighted by molar-refractivity contribution is -0.145. The first-order valence-corrected chi connectivity index (χ1v) is 12.0. The van der Waals surface area contributed by atoms with Crippen LogP contribution in [0.2, 0.25) is 5.02 Å². The van der Waals surface area contributed by atoms with E-state index in [4.69, 9.17) is 27.8 Å². The van der Waals surface area contributed by atoms with Gasteiger partial charge in [-0.25, -0.2) is 4.79 Å². The van der Waals surface area contributed by atoms with Crippen LogP contribution in [0.3, 0.4) is 0 Å². The third-order valence-electron chi connectivity index (χ3n) is 6.54. The standard InChI is InChI=1S/C26H33ClN4O5/c1-14-22(12-19(32)13-28)30-25(34)21(29)10-18-9-16(5-7-24(18)33)15-4-6-20(27)17(8-15)11-23(31(14)2)26(35)36-3/h4-9,19,21-23,32-33H,1,10-13,28-29H2,2-3H3,(H,30,34)/t19-,21+,22+,23+/m1/s1. The fraction of sp³-hybridized carbons (Fsp3) is 0.385. The number of aliphatic hydroxyl groups excluding tert-OH is 1. The number of phenols is 1. The Balaban J connectivity index is 2.15. The van der Waals surface area contributed by atoms with Crippen LogP contribution in [0.15, 0.2) is 48.7 Å². The summed E-state index contributed by atoms with van der Waals surface area (Å²) in [6, 6.07) is 7.95. The molecule has 2 aromatic rings. The number of hydrogen-bond donors (Lipinski definition) is 5. The zero-order chi connectivity index (χ0) is 26.6. The molecular formula is C26H33ClN4O5. The summed E-state index contributed by atoms with van der Waals surface area (Å²) in [5.74, 6) is -1.00. The fourth-order valence-corrected chi connectivity index (χ4v) is 4.46. The highest BCUT2D eigenvalue weighted by atomic mass is 35.5. The van der Waals surface area contributed by atoms with Crippen molar-refractivity contribution < 1.29 is 24.5 Å². The van der Waals surface area contributed by atoms with Crippen LogP contribution in [0, 0.1) is 0 Å². The van der Waals surface area contributed by atoms with Gasteiger partial charge < -0.3 is 36.6 Å². The molecule has 3 rings (SSSR count). The van der Waals surface area contributed by atoms with Gasteiger partial charge in [-0.3, -0.25) is 4.79 Å². The van der Waals surface area contributed by atoms with E-state index < -0.39 is 36.1 Å². The first-order chi connectivity index (χ1) is 17.0. The van der Waals surface area contributed by atoms with Crippen molar-refractivity contribution >= 4 is 23.5 Å². The molecule has 0 unspecified atom stereocenters. The topological polar surface area (TPSA) is 151 Å². The van der Waals surface area contributed by atoms with Crippen molar-refractivity contribution in [2.75, 3.05) is 20.7 Å². The Hall–Kier alpha value is -3.11. The van der Waals surface area contributed by atoms with E-state index in [1.807, 2.05) is 12.1 Å². The summed E-state index contributed by atoms with van der Waals surface area (Å²) in [7, 11) is 2.95. The molecular weight excluding hydrogens is 484 g/mol. The minimum absolute atomic E-state index is 0.0190. The zero-order valence-electron chi connectivity index (χ0n) is 20.4. The van der Waals surface area contributed by atoms with Crippen molar-refractivity contribution in [3.8, 4) is 16.9 Å². The van der Waals surface area contributed by atoms with Crippen molar-refractivity contribution in [1.82, 2.24) is 10.2 Å². The van der Waals surface area contributed by atoms with E-state index in [-0.39, 0.29) is 31.6 Å². The highest BCUT2D eigenvalue weighted by Crippen LogP contribution is 2.31. The van der Waals surface area contributed by atoms with E-state index in [2.05, 4.69) is 11.9 Å². The van der Waals surface area contributed by atoms with Crippen LogP contribution in [0.25, 0.3) is 11.1 Å². The highest BCUT2D eigenvalue weighted by molar-refractivity contribution is 6.31. The molecule has 0 radical (unpaired) electrons. The summed E-state index contributed by atoms with van der Waals surface area (Å²) in [6.45, 7) is 4.08. The van der Waals surface area contributed by atoms with Gasteiger partial charge in [0.05, 0.1) is 25.3 Å². The molecule has 1 aliphatic rings. The summed E-state index contributed by atoms with van der Waals surface area (Å²) in [6.07, 6.45) is -0.601. The van der Waals surface area contributed by atoms with Gasteiger partial charge in [0, 0.05) is 43.6 Å². The molecule has 0 saturated carbocycles. The average Bonchev–Trinajstić information content (AvgIpc) is 2.87. The molecule has 0 spiro atoms. The number of nitrogens with zero attached hydrogens (tertiary/aromatic N) is 1. The van der Waals surface area contributed by atoms with Crippen LogP contribution in [0.1, 0.15) is 17.5 Å². The Kier molecular flexibility index (Phi) is 8.97. The molecule has 1 aliphatic heterocycles. The van der Waals surface area contributed by atoms with Crippen molar-refractivity contribution in [1.29, 1.82) is 0 Å². The number of amides is 1. The minimum Gasteiger partial charge on any atom is -0.508 e. The number of hydrogen-bond acceptors (Lipinski definition) is 8. The molecule has 7 N–H and O–H groups in total. The number of esters is 1. The maximum Gasteiger partial charge on any atom is 0.328 e. The summed E-state index contributed by atoms with van der Waals surface area (Å²) in [5, 5.41) is 24.0. The van der Waals surface area contributed by atoms with E-state index >= 15 is 0 Å². The number of aromatic hydroxyl groups is 1. The molecule has 4 bridgehead atoms. The number of halogens is 1. The number of rotatable bonds is 4. The van der Waals surface area contributed by atoms with Crippen LogP contribution >= 0.6 is 11.6 Å². The number of benzene rings is 2. The van der Waals surface area contributed by atoms with Crippen LogP contribution in [0.4, 0.5) is 0 Å². The Bertz CT molecular complexity index is 1140. The molecule has 2 aromatic carbocycles. The number of likely N-dealkylation sites (N-methyl/N-ethyl adjacent to an activating group) is 1. The Labute approximate surface area is 215 Å². The second kappa shape index (κ2) is 11.7. The number of carbonyl (C=O) groups is 2. The number of aliphatic hydroxyl groups is 1. The number of fused-ring (bicyclic) bond motifs is 5. The maximum atomic E-state index is 13.1. The fourth-order valence-electron chi connectivity index (χ4n) is 4.26. The maximum absolute atomic E-state index is 13.1. The molecule has 0 fully saturated rings. The Morgan fingerprint density at radius 1 is 1.25 bits per heavy atom. The van der Waals surface area contributed by atoms with Crippen LogP contribution in [-0.4, -0.2) is 71.9 Å². The van der Waals surface area contributed by atoms with Gasteiger partial charge in [0.2, 0.25) is 5.91 Å². The Morgan fingerprint density at radius 2 is 1.89 bits per heavy atom. The number of ether oxygens (including phenoxy) is 1. The third kappa shape index (κ3) is 6.17. The molecule has 4 atom stereocenters. The smallest absolute Gasteiger partial charge is 0.328 e. The summed E-state index contributed by atoms with van der Waals surface area (Å²) < 4.78 is 5.06. The predicted octanol–water partition coefficient (Wildman–Crippen LogP) is 1.32. The Morgan fingerprint density at radius 3 is 2.53 bits per heavy atom. The lowest BCUT2D eigenvalue weighted by Gasteiger charge is -2.35. The first kappa shape index (κ1) is 27.5. The normalized spacial score (nSPS) is 21.7. The van der Waals surface area contributed by atoms with Gasteiger partial charge >= 0.3 is 5.97 Å². The van der Waals surface area contributed by atoms with Crippen molar-refractivity contribution in [2.24, 2.45) is 11.5 Å². The molecule has 1 amide bonds. The van der Waals surface area contributed by atoms with Crippen molar-refractivity contribution in [2.45, 2.75) is 43.5 Å². The monoisotopic (exact) mass is 516 g/mol. The lowest BCUT2D eigenvalue weighted by Crippen LogP contribution is -2.52. The molecule has 1 heterocycles. The van der Waals surface area contributed by atoms with E-state index in [9.17, 15) is 19.8 Å². The van der Waals surface area contributed by atoms with Gasteiger partial charge in [-0.15, -0.1) is 0 Å². The van der Waals surface area contributed by atoms with Gasteiger partial charge in [-0.1, -0.05) is 30.3 Å². The summed E-state index contributed by atoms with van der Waals surface area (Å²) in [5.41, 5.74) is 15.0. The summed E-state index contributed by atoms with van der Waals surface area (Å²) >= 11 is 6.52. The highest BCUT2D eigenvalue weighted by Gasteiger charge is 2.32. The zero-order valence-corrected chi connectivity index (χ0v) is 21.2. The molecule has 9 nitrogen and oxygen atoms in total. The van der Waals surface area contributed by atoms with E-state index in [1.165, 1.54) is 7.11 Å². The SMILES string of the molecule is C=C1[C@H](C[C@@H](O)CN)NC(=O)[C@@H](N)Cc2cc(ccc2O)-c2ccc(Cl)c(c2)C[C@@H](C(=O)OC)N1C. The van der Waals surface area contributed by atoms with Crippen molar-refractivity contribution in [3.05, 3.63) is 64.8 Å².